The first-order valence-electron chi connectivity index (χ1n) is 8.55. The predicted octanol–water partition coefficient (Wildman–Crippen LogP) is 1.43. The maximum atomic E-state index is 12.8. The van der Waals surface area contributed by atoms with Crippen LogP contribution in [-0.4, -0.2) is 43.5 Å². The molecule has 1 unspecified atom stereocenters. The second kappa shape index (κ2) is 8.41. The first kappa shape index (κ1) is 21.4. The average molecular weight is 413 g/mol. The molecule has 1 aromatic carbocycles. The molecule has 2 N–H and O–H groups in total. The molecule has 1 fully saturated rings. The molecule has 2 aromatic rings. The Balaban J connectivity index is 0.00000261. The first-order chi connectivity index (χ1) is 12.3. The van der Waals surface area contributed by atoms with Gasteiger partial charge in [0.2, 0.25) is 5.91 Å². The summed E-state index contributed by atoms with van der Waals surface area (Å²) in [6, 6.07) is 6.43. The van der Waals surface area contributed by atoms with E-state index in [-0.39, 0.29) is 41.1 Å². The summed E-state index contributed by atoms with van der Waals surface area (Å²) in [5, 5.41) is 10.5. The Labute approximate surface area is 165 Å². The molecule has 0 bridgehead atoms. The highest BCUT2D eigenvalue weighted by atomic mass is 35.5. The number of sulfone groups is 1. The third-order valence-electron chi connectivity index (χ3n) is 4.87. The van der Waals surface area contributed by atoms with Gasteiger partial charge in [-0.1, -0.05) is 12.1 Å². The van der Waals surface area contributed by atoms with Crippen molar-refractivity contribution >= 4 is 28.2 Å². The van der Waals surface area contributed by atoms with E-state index >= 15 is 0 Å². The van der Waals surface area contributed by atoms with E-state index in [4.69, 9.17) is 0 Å². The van der Waals surface area contributed by atoms with Gasteiger partial charge in [0, 0.05) is 38.5 Å². The summed E-state index contributed by atoms with van der Waals surface area (Å²) in [7, 11) is -1.36. The average Bonchev–Trinajstić information content (AvgIpc) is 3.22. The van der Waals surface area contributed by atoms with E-state index in [1.165, 1.54) is 6.26 Å². The largest absolute Gasteiger partial charge is 0.349 e. The van der Waals surface area contributed by atoms with Crippen LogP contribution in [0.4, 0.5) is 0 Å². The van der Waals surface area contributed by atoms with Gasteiger partial charge in [0.1, 0.15) is 0 Å². The van der Waals surface area contributed by atoms with Crippen molar-refractivity contribution in [2.45, 2.75) is 23.8 Å². The van der Waals surface area contributed by atoms with Crippen LogP contribution >= 0.6 is 12.4 Å². The molecular formula is C18H25ClN4O3S. The van der Waals surface area contributed by atoms with Crippen LogP contribution in [-0.2, 0) is 21.7 Å². The molecule has 148 valence electrons. The van der Waals surface area contributed by atoms with Crippen LogP contribution in [0.15, 0.2) is 41.6 Å². The number of hydrogen-bond acceptors (Lipinski definition) is 5. The third kappa shape index (κ3) is 4.88. The van der Waals surface area contributed by atoms with Crippen LogP contribution in [0.2, 0.25) is 0 Å². The van der Waals surface area contributed by atoms with Gasteiger partial charge < -0.3 is 10.6 Å². The molecule has 9 heteroatoms. The van der Waals surface area contributed by atoms with Gasteiger partial charge in [-0.2, -0.15) is 5.10 Å². The van der Waals surface area contributed by atoms with E-state index in [0.717, 1.165) is 17.7 Å². The summed E-state index contributed by atoms with van der Waals surface area (Å²) in [4.78, 5) is 13.0. The van der Waals surface area contributed by atoms with E-state index < -0.39 is 9.84 Å². The smallest absolute Gasteiger partial charge is 0.225 e. The van der Waals surface area contributed by atoms with Gasteiger partial charge in [-0.3, -0.25) is 9.48 Å². The molecule has 0 aliphatic carbocycles. The quantitative estimate of drug-likeness (QED) is 0.774. The van der Waals surface area contributed by atoms with Crippen LogP contribution in [0, 0.1) is 5.92 Å². The zero-order chi connectivity index (χ0) is 18.9. The van der Waals surface area contributed by atoms with E-state index in [0.29, 0.717) is 6.54 Å². The lowest BCUT2D eigenvalue weighted by Crippen LogP contribution is -2.36. The van der Waals surface area contributed by atoms with Crippen molar-refractivity contribution in [3.63, 3.8) is 0 Å². The number of carbonyl (C=O) groups excluding carboxylic acids is 1. The lowest BCUT2D eigenvalue weighted by Gasteiger charge is -2.21. The van der Waals surface area contributed by atoms with Gasteiger partial charge in [0.15, 0.2) is 9.84 Å². The standard InChI is InChI=1S/C18H24N4O3S.ClH/c1-12(13-4-6-15(7-5-13)26(3,24)25)21-18(23)17-10-19-9-16(17)14-8-20-22(2)11-14;/h4-8,11-12,16-17,19H,9-10H2,1-3H3,(H,21,23);1H/t12?,16-,17+;/m1./s1. The summed E-state index contributed by atoms with van der Waals surface area (Å²) in [5.41, 5.74) is 1.93. The molecule has 27 heavy (non-hydrogen) atoms. The fraction of sp³-hybridized carbons (Fsp3) is 0.444. The Morgan fingerprint density at radius 2 is 1.96 bits per heavy atom. The molecule has 1 aliphatic heterocycles. The Morgan fingerprint density at radius 3 is 2.52 bits per heavy atom. The molecule has 0 saturated carbocycles. The highest BCUT2D eigenvalue weighted by Gasteiger charge is 2.35. The van der Waals surface area contributed by atoms with Crippen LogP contribution in [0.5, 0.6) is 0 Å². The summed E-state index contributed by atoms with van der Waals surface area (Å²) < 4.78 is 24.9. The van der Waals surface area contributed by atoms with E-state index in [1.807, 2.05) is 26.4 Å². The van der Waals surface area contributed by atoms with Gasteiger partial charge in [0.05, 0.1) is 23.1 Å². The number of hydrogen-bond donors (Lipinski definition) is 2. The molecule has 1 saturated heterocycles. The van der Waals surface area contributed by atoms with Gasteiger partial charge in [0.25, 0.3) is 0 Å². The number of amides is 1. The number of nitrogens with one attached hydrogen (secondary N) is 2. The van der Waals surface area contributed by atoms with E-state index in [9.17, 15) is 13.2 Å². The predicted molar refractivity (Wildman–Crippen MR) is 106 cm³/mol. The number of aromatic nitrogens is 2. The van der Waals surface area contributed by atoms with Crippen molar-refractivity contribution in [2.24, 2.45) is 13.0 Å². The first-order valence-corrected chi connectivity index (χ1v) is 10.4. The van der Waals surface area contributed by atoms with Crippen molar-refractivity contribution in [1.29, 1.82) is 0 Å². The lowest BCUT2D eigenvalue weighted by molar-refractivity contribution is -0.125. The summed E-state index contributed by atoms with van der Waals surface area (Å²) in [5.74, 6) is -0.0657. The molecule has 1 amide bonds. The molecule has 7 nitrogen and oxygen atoms in total. The van der Waals surface area contributed by atoms with Crippen LogP contribution in [0.3, 0.4) is 0 Å². The molecule has 3 atom stereocenters. The van der Waals surface area contributed by atoms with Crippen LogP contribution in [0.25, 0.3) is 0 Å². The topological polar surface area (TPSA) is 93.1 Å². The minimum atomic E-state index is -3.22. The summed E-state index contributed by atoms with van der Waals surface area (Å²) in [6.45, 7) is 3.28. The molecule has 0 radical (unpaired) electrons. The van der Waals surface area contributed by atoms with Crippen LogP contribution < -0.4 is 10.6 Å². The van der Waals surface area contributed by atoms with Crippen molar-refractivity contribution in [1.82, 2.24) is 20.4 Å². The van der Waals surface area contributed by atoms with E-state index in [1.54, 1.807) is 28.9 Å². The zero-order valence-corrected chi connectivity index (χ0v) is 17.2. The third-order valence-corrected chi connectivity index (χ3v) is 6.00. The van der Waals surface area contributed by atoms with Crippen molar-refractivity contribution in [3.8, 4) is 0 Å². The Kier molecular flexibility index (Phi) is 6.67. The Hall–Kier alpha value is -1.90. The van der Waals surface area contributed by atoms with Gasteiger partial charge in [-0.05, 0) is 30.2 Å². The maximum Gasteiger partial charge on any atom is 0.225 e. The lowest BCUT2D eigenvalue weighted by atomic mass is 9.90. The summed E-state index contributed by atoms with van der Waals surface area (Å²) >= 11 is 0. The number of aryl methyl sites for hydroxylation is 1. The van der Waals surface area contributed by atoms with Gasteiger partial charge in [-0.15, -0.1) is 12.4 Å². The van der Waals surface area contributed by atoms with Gasteiger partial charge in [-0.25, -0.2) is 8.42 Å². The molecule has 0 spiro atoms. The second-order valence-electron chi connectivity index (χ2n) is 6.89. The normalized spacial score (nSPS) is 20.7. The molecule has 1 aromatic heterocycles. The Morgan fingerprint density at radius 1 is 1.30 bits per heavy atom. The van der Waals surface area contributed by atoms with Crippen molar-refractivity contribution in [2.75, 3.05) is 19.3 Å². The van der Waals surface area contributed by atoms with Crippen molar-refractivity contribution < 1.29 is 13.2 Å². The van der Waals surface area contributed by atoms with Gasteiger partial charge >= 0.3 is 0 Å². The Bertz CT molecular complexity index is 896. The minimum absolute atomic E-state index is 0. The highest BCUT2D eigenvalue weighted by molar-refractivity contribution is 7.90. The zero-order valence-electron chi connectivity index (χ0n) is 15.5. The number of nitrogens with zero attached hydrogens (tertiary/aromatic N) is 2. The number of benzene rings is 1. The SMILES string of the molecule is CC(NC(=O)[C@H]1CNC[C@@H]1c1cnn(C)c1)c1ccc(S(C)(=O)=O)cc1.Cl. The highest BCUT2D eigenvalue weighted by Crippen LogP contribution is 2.28. The fourth-order valence-corrected chi connectivity index (χ4v) is 3.97. The summed E-state index contributed by atoms with van der Waals surface area (Å²) in [6.07, 6.45) is 4.94. The molecule has 3 rings (SSSR count). The number of halogens is 1. The number of rotatable bonds is 5. The molecule has 1 aliphatic rings. The second-order valence-corrected chi connectivity index (χ2v) is 8.91. The fourth-order valence-electron chi connectivity index (χ4n) is 3.34. The molecule has 2 heterocycles. The number of carbonyl (C=O) groups is 1. The van der Waals surface area contributed by atoms with Crippen LogP contribution in [0.1, 0.15) is 30.0 Å². The molecular weight excluding hydrogens is 388 g/mol. The maximum absolute atomic E-state index is 12.8. The van der Waals surface area contributed by atoms with E-state index in [2.05, 4.69) is 15.7 Å². The monoisotopic (exact) mass is 412 g/mol. The van der Waals surface area contributed by atoms with Crippen molar-refractivity contribution in [3.05, 3.63) is 47.8 Å². The minimum Gasteiger partial charge on any atom is -0.349 e.